The summed E-state index contributed by atoms with van der Waals surface area (Å²) in [5.41, 5.74) is 4.27. The maximum Gasteiger partial charge on any atom is 0.167 e. The van der Waals surface area contributed by atoms with E-state index in [1.807, 2.05) is 25.1 Å². The van der Waals surface area contributed by atoms with Crippen LogP contribution in [0.3, 0.4) is 0 Å². The van der Waals surface area contributed by atoms with E-state index in [0.717, 1.165) is 21.2 Å². The topological polar surface area (TPSA) is 17.1 Å². The second-order valence-electron chi connectivity index (χ2n) is 5.46. The first-order valence-electron chi connectivity index (χ1n) is 6.85. The zero-order chi connectivity index (χ0) is 14.7. The Morgan fingerprint density at radius 3 is 2.30 bits per heavy atom. The van der Waals surface area contributed by atoms with Crippen LogP contribution in [0.4, 0.5) is 0 Å². The maximum atomic E-state index is 12.3. The minimum Gasteiger partial charge on any atom is -0.294 e. The maximum absolute atomic E-state index is 12.3. The van der Waals surface area contributed by atoms with Crippen molar-refractivity contribution in [1.29, 1.82) is 0 Å². The van der Waals surface area contributed by atoms with Crippen molar-refractivity contribution in [3.63, 3.8) is 0 Å². The SMILES string of the molecule is Cc1ccc(C(=O)Cc2ccc(C(C)C)cc2)cc1Br. The van der Waals surface area contributed by atoms with Crippen LogP contribution in [-0.4, -0.2) is 5.78 Å². The summed E-state index contributed by atoms with van der Waals surface area (Å²) in [4.78, 5) is 12.3. The van der Waals surface area contributed by atoms with Crippen molar-refractivity contribution in [2.24, 2.45) is 0 Å². The molecule has 0 unspecified atom stereocenters. The van der Waals surface area contributed by atoms with Crippen molar-refractivity contribution in [2.75, 3.05) is 0 Å². The van der Waals surface area contributed by atoms with Crippen LogP contribution in [0.25, 0.3) is 0 Å². The van der Waals surface area contributed by atoms with Gasteiger partial charge in [-0.2, -0.15) is 0 Å². The highest BCUT2D eigenvalue weighted by Crippen LogP contribution is 2.20. The van der Waals surface area contributed by atoms with Crippen molar-refractivity contribution in [3.05, 3.63) is 69.2 Å². The van der Waals surface area contributed by atoms with E-state index in [2.05, 4.69) is 54.0 Å². The zero-order valence-electron chi connectivity index (χ0n) is 12.1. The smallest absolute Gasteiger partial charge is 0.167 e. The van der Waals surface area contributed by atoms with E-state index in [1.54, 1.807) is 0 Å². The Morgan fingerprint density at radius 2 is 1.75 bits per heavy atom. The van der Waals surface area contributed by atoms with Gasteiger partial charge in [0.1, 0.15) is 0 Å². The lowest BCUT2D eigenvalue weighted by atomic mass is 9.98. The largest absolute Gasteiger partial charge is 0.294 e. The van der Waals surface area contributed by atoms with Crippen molar-refractivity contribution in [2.45, 2.75) is 33.1 Å². The Balaban J connectivity index is 2.12. The molecule has 0 aliphatic carbocycles. The van der Waals surface area contributed by atoms with Gasteiger partial charge in [0, 0.05) is 16.5 Å². The van der Waals surface area contributed by atoms with E-state index < -0.39 is 0 Å². The van der Waals surface area contributed by atoms with Crippen LogP contribution in [0.2, 0.25) is 0 Å². The van der Waals surface area contributed by atoms with E-state index in [-0.39, 0.29) is 5.78 Å². The van der Waals surface area contributed by atoms with Crippen molar-refractivity contribution in [3.8, 4) is 0 Å². The molecule has 0 fully saturated rings. The van der Waals surface area contributed by atoms with E-state index in [0.29, 0.717) is 12.3 Å². The van der Waals surface area contributed by atoms with E-state index in [1.165, 1.54) is 5.56 Å². The number of rotatable bonds is 4. The second-order valence-corrected chi connectivity index (χ2v) is 6.31. The molecule has 2 aromatic carbocycles. The molecule has 2 heteroatoms. The molecule has 0 radical (unpaired) electrons. The van der Waals surface area contributed by atoms with E-state index >= 15 is 0 Å². The molecule has 0 spiro atoms. The van der Waals surface area contributed by atoms with Crippen LogP contribution in [0.5, 0.6) is 0 Å². The van der Waals surface area contributed by atoms with Gasteiger partial charge >= 0.3 is 0 Å². The van der Waals surface area contributed by atoms with Crippen molar-refractivity contribution >= 4 is 21.7 Å². The molecule has 0 aliphatic heterocycles. The number of halogens is 1. The fourth-order valence-corrected chi connectivity index (χ4v) is 2.45. The average Bonchev–Trinajstić information content (AvgIpc) is 2.42. The summed E-state index contributed by atoms with van der Waals surface area (Å²) in [6.07, 6.45) is 0.452. The first-order chi connectivity index (χ1) is 9.47. The number of hydrogen-bond donors (Lipinski definition) is 0. The van der Waals surface area contributed by atoms with Gasteiger partial charge in [-0.15, -0.1) is 0 Å². The molecule has 0 atom stereocenters. The predicted octanol–water partition coefficient (Wildman–Crippen LogP) is 5.31. The Hall–Kier alpha value is -1.41. The summed E-state index contributed by atoms with van der Waals surface area (Å²) in [7, 11) is 0. The van der Waals surface area contributed by atoms with Gasteiger partial charge in [0.15, 0.2) is 5.78 Å². The first kappa shape index (κ1) is 15.0. The number of hydrogen-bond acceptors (Lipinski definition) is 1. The summed E-state index contributed by atoms with van der Waals surface area (Å²) < 4.78 is 0.985. The molecular formula is C18H19BrO. The van der Waals surface area contributed by atoms with Gasteiger partial charge in [-0.3, -0.25) is 4.79 Å². The molecule has 0 amide bonds. The monoisotopic (exact) mass is 330 g/mol. The third-order valence-electron chi connectivity index (χ3n) is 3.50. The molecule has 0 bridgehead atoms. The molecule has 0 saturated heterocycles. The highest BCUT2D eigenvalue weighted by atomic mass is 79.9. The fourth-order valence-electron chi connectivity index (χ4n) is 2.07. The molecule has 0 aromatic heterocycles. The lowest BCUT2D eigenvalue weighted by Gasteiger charge is -2.07. The highest BCUT2D eigenvalue weighted by Gasteiger charge is 2.09. The number of carbonyl (C=O) groups excluding carboxylic acids is 1. The van der Waals surface area contributed by atoms with Crippen LogP contribution in [-0.2, 0) is 6.42 Å². The molecule has 0 heterocycles. The first-order valence-corrected chi connectivity index (χ1v) is 7.65. The Morgan fingerprint density at radius 1 is 1.10 bits per heavy atom. The molecular weight excluding hydrogens is 312 g/mol. The van der Waals surface area contributed by atoms with Gasteiger partial charge in [0.2, 0.25) is 0 Å². The Labute approximate surface area is 129 Å². The zero-order valence-corrected chi connectivity index (χ0v) is 13.7. The van der Waals surface area contributed by atoms with Crippen molar-refractivity contribution < 1.29 is 4.79 Å². The van der Waals surface area contributed by atoms with Crippen LogP contribution in [0, 0.1) is 6.92 Å². The van der Waals surface area contributed by atoms with Crippen molar-refractivity contribution in [1.82, 2.24) is 0 Å². The van der Waals surface area contributed by atoms with E-state index in [9.17, 15) is 4.79 Å². The third kappa shape index (κ3) is 3.57. The van der Waals surface area contributed by atoms with Gasteiger partial charge < -0.3 is 0 Å². The van der Waals surface area contributed by atoms with Gasteiger partial charge in [-0.1, -0.05) is 66.2 Å². The summed E-state index contributed by atoms with van der Waals surface area (Å²) in [5.74, 6) is 0.677. The molecule has 20 heavy (non-hydrogen) atoms. The van der Waals surface area contributed by atoms with Gasteiger partial charge in [-0.25, -0.2) is 0 Å². The number of aryl methyl sites for hydroxylation is 1. The second kappa shape index (κ2) is 6.36. The molecule has 2 aromatic rings. The Kier molecular flexibility index (Phi) is 4.77. The van der Waals surface area contributed by atoms with Crippen LogP contribution < -0.4 is 0 Å². The number of Topliss-reactive ketones (excluding diaryl/α,β-unsaturated/α-hetero) is 1. The van der Waals surface area contributed by atoms with Crippen LogP contribution >= 0.6 is 15.9 Å². The molecule has 1 nitrogen and oxygen atoms in total. The van der Waals surface area contributed by atoms with Gasteiger partial charge in [0.25, 0.3) is 0 Å². The summed E-state index contributed by atoms with van der Waals surface area (Å²) in [5, 5.41) is 0. The highest BCUT2D eigenvalue weighted by molar-refractivity contribution is 9.10. The average molecular weight is 331 g/mol. The van der Waals surface area contributed by atoms with E-state index in [4.69, 9.17) is 0 Å². The molecule has 0 N–H and O–H groups in total. The molecule has 104 valence electrons. The summed E-state index contributed by atoms with van der Waals surface area (Å²) in [6.45, 7) is 6.36. The van der Waals surface area contributed by atoms with Crippen LogP contribution in [0.15, 0.2) is 46.9 Å². The molecule has 0 saturated carbocycles. The predicted molar refractivity (Wildman–Crippen MR) is 87.4 cm³/mol. The standard InChI is InChI=1S/C18H19BrO/c1-12(2)15-8-5-14(6-9-15)10-18(20)16-7-4-13(3)17(19)11-16/h4-9,11-12H,10H2,1-3H3. The number of carbonyl (C=O) groups is 1. The molecule has 0 aliphatic rings. The third-order valence-corrected chi connectivity index (χ3v) is 4.36. The Bertz CT molecular complexity index is 612. The number of ketones is 1. The quantitative estimate of drug-likeness (QED) is 0.694. The normalized spacial score (nSPS) is 10.8. The summed E-state index contributed by atoms with van der Waals surface area (Å²) in [6, 6.07) is 14.1. The fraction of sp³-hybridized carbons (Fsp3) is 0.278. The van der Waals surface area contributed by atoms with Crippen LogP contribution in [0.1, 0.15) is 46.8 Å². The summed E-state index contributed by atoms with van der Waals surface area (Å²) >= 11 is 3.47. The minimum absolute atomic E-state index is 0.156. The molecule has 2 rings (SSSR count). The lowest BCUT2D eigenvalue weighted by molar-refractivity contribution is 0.0993. The minimum atomic E-state index is 0.156. The van der Waals surface area contributed by atoms with Gasteiger partial charge in [-0.05, 0) is 35.6 Å². The number of benzene rings is 2. The lowest BCUT2D eigenvalue weighted by Crippen LogP contribution is -2.04. The van der Waals surface area contributed by atoms with Gasteiger partial charge in [0.05, 0.1) is 0 Å².